The first-order valence-electron chi connectivity index (χ1n) is 4.84. The van der Waals surface area contributed by atoms with E-state index >= 15 is 0 Å². The smallest absolute Gasteiger partial charge is 0.545 e. The number of carboxylic acids is 2. The van der Waals surface area contributed by atoms with Crippen LogP contribution in [0.4, 0.5) is 0 Å². The van der Waals surface area contributed by atoms with E-state index in [9.17, 15) is 19.8 Å². The zero-order chi connectivity index (χ0) is 13.4. The third-order valence-electron chi connectivity index (χ3n) is 1.79. The molecule has 1 radical (unpaired) electrons. The molecule has 0 saturated carbocycles. The third kappa shape index (κ3) is 6.29. The number of nitrogens with zero attached hydrogens (tertiary/aromatic N) is 2. The molecule has 2 aromatic heterocycles. The van der Waals surface area contributed by atoms with Crippen LogP contribution in [0.2, 0.25) is 0 Å². The van der Waals surface area contributed by atoms with Crippen LogP contribution in [-0.2, 0) is 16.8 Å². The van der Waals surface area contributed by atoms with Gasteiger partial charge in [-0.2, -0.15) is 0 Å². The molecule has 0 N–H and O–H groups in total. The minimum atomic E-state index is -1.19. The second-order valence-electron chi connectivity index (χ2n) is 3.06. The zero-order valence-electron chi connectivity index (χ0n) is 9.48. The van der Waals surface area contributed by atoms with Crippen molar-refractivity contribution < 1.29 is 36.6 Å². The maximum Gasteiger partial charge on any atom is 2.00 e. The summed E-state index contributed by atoms with van der Waals surface area (Å²) in [6, 6.07) is 5.96. The molecular formula is C12H8CoN2O4. The van der Waals surface area contributed by atoms with Crippen molar-refractivity contribution in [2.24, 2.45) is 0 Å². The SMILES string of the molecule is O=C([O-])c1cccnc1.O=C([O-])c1cccnc1.[Co+2]. The molecule has 99 valence electrons. The second-order valence-corrected chi connectivity index (χ2v) is 3.06. The van der Waals surface area contributed by atoms with Gasteiger partial charge in [0.05, 0.1) is 11.9 Å². The van der Waals surface area contributed by atoms with Gasteiger partial charge in [-0.1, -0.05) is 12.1 Å². The van der Waals surface area contributed by atoms with Crippen LogP contribution in [0.5, 0.6) is 0 Å². The number of aromatic nitrogens is 2. The minimum absolute atomic E-state index is 0. The van der Waals surface area contributed by atoms with Gasteiger partial charge < -0.3 is 19.8 Å². The van der Waals surface area contributed by atoms with Crippen LogP contribution in [0.3, 0.4) is 0 Å². The number of aromatic carboxylic acids is 2. The van der Waals surface area contributed by atoms with Crippen molar-refractivity contribution in [1.29, 1.82) is 0 Å². The Labute approximate surface area is 119 Å². The average molecular weight is 303 g/mol. The Hall–Kier alpha value is -2.25. The predicted octanol–water partition coefficient (Wildman–Crippen LogP) is -1.11. The standard InChI is InChI=1S/2C6H5NO2.Co/c2*8-6(9)5-2-1-3-7-4-5;/h2*1-4H,(H,8,9);/q;;+2/p-2. The van der Waals surface area contributed by atoms with Gasteiger partial charge in [0.15, 0.2) is 0 Å². The van der Waals surface area contributed by atoms with Crippen LogP contribution in [0.1, 0.15) is 20.7 Å². The molecule has 0 unspecified atom stereocenters. The quantitative estimate of drug-likeness (QED) is 0.696. The van der Waals surface area contributed by atoms with Gasteiger partial charge in [-0.05, 0) is 12.1 Å². The number of pyridine rings is 2. The van der Waals surface area contributed by atoms with E-state index in [2.05, 4.69) is 9.97 Å². The van der Waals surface area contributed by atoms with Crippen molar-refractivity contribution >= 4 is 11.9 Å². The summed E-state index contributed by atoms with van der Waals surface area (Å²) in [4.78, 5) is 27.3. The summed E-state index contributed by atoms with van der Waals surface area (Å²) < 4.78 is 0. The Morgan fingerprint density at radius 3 is 1.37 bits per heavy atom. The van der Waals surface area contributed by atoms with Crippen molar-refractivity contribution in [3.8, 4) is 0 Å². The minimum Gasteiger partial charge on any atom is -0.545 e. The summed E-state index contributed by atoms with van der Waals surface area (Å²) in [5, 5.41) is 20.1. The molecule has 2 aromatic rings. The molecule has 0 amide bonds. The van der Waals surface area contributed by atoms with E-state index in [4.69, 9.17) is 0 Å². The van der Waals surface area contributed by atoms with E-state index in [-0.39, 0.29) is 27.9 Å². The van der Waals surface area contributed by atoms with Crippen molar-refractivity contribution in [3.63, 3.8) is 0 Å². The monoisotopic (exact) mass is 303 g/mol. The van der Waals surface area contributed by atoms with E-state index in [1.165, 1.54) is 36.9 Å². The Kier molecular flexibility index (Phi) is 7.74. The van der Waals surface area contributed by atoms with Gasteiger partial charge in [-0.3, -0.25) is 9.97 Å². The van der Waals surface area contributed by atoms with Crippen LogP contribution < -0.4 is 10.2 Å². The van der Waals surface area contributed by atoms with Crippen LogP contribution in [0.25, 0.3) is 0 Å². The molecule has 0 atom stereocenters. The number of carbonyl (C=O) groups is 2. The summed E-state index contributed by atoms with van der Waals surface area (Å²) in [6.07, 6.45) is 5.50. The summed E-state index contributed by atoms with van der Waals surface area (Å²) in [6.45, 7) is 0. The van der Waals surface area contributed by atoms with E-state index in [0.29, 0.717) is 0 Å². The maximum absolute atomic E-state index is 10.0. The molecule has 7 heteroatoms. The average Bonchev–Trinajstić information content (AvgIpc) is 2.41. The second kappa shape index (κ2) is 8.78. The fourth-order valence-electron chi connectivity index (χ4n) is 0.967. The molecule has 0 spiro atoms. The van der Waals surface area contributed by atoms with Crippen molar-refractivity contribution in [2.45, 2.75) is 0 Å². The number of hydrogen-bond donors (Lipinski definition) is 0. The molecule has 0 aliphatic rings. The van der Waals surface area contributed by atoms with Gasteiger partial charge in [-0.15, -0.1) is 0 Å². The van der Waals surface area contributed by atoms with Crippen molar-refractivity contribution in [3.05, 3.63) is 60.2 Å². The topological polar surface area (TPSA) is 106 Å². The molecule has 6 nitrogen and oxygen atoms in total. The normalized spacial score (nSPS) is 8.42. The van der Waals surface area contributed by atoms with Crippen molar-refractivity contribution in [1.82, 2.24) is 9.97 Å². The van der Waals surface area contributed by atoms with E-state index in [1.807, 2.05) is 0 Å². The van der Waals surface area contributed by atoms with Gasteiger partial charge in [0.1, 0.15) is 0 Å². The van der Waals surface area contributed by atoms with Crippen LogP contribution in [0.15, 0.2) is 49.1 Å². The number of carboxylic acid groups (broad SMARTS) is 2. The third-order valence-corrected chi connectivity index (χ3v) is 1.79. The van der Waals surface area contributed by atoms with E-state index in [1.54, 1.807) is 12.1 Å². The molecule has 0 saturated heterocycles. The van der Waals surface area contributed by atoms with Crippen LogP contribution in [-0.4, -0.2) is 21.9 Å². The Morgan fingerprint density at radius 1 is 0.842 bits per heavy atom. The van der Waals surface area contributed by atoms with Gasteiger partial charge in [0.2, 0.25) is 0 Å². The molecule has 2 rings (SSSR count). The van der Waals surface area contributed by atoms with Gasteiger partial charge in [0, 0.05) is 35.9 Å². The first-order chi connectivity index (χ1) is 8.61. The van der Waals surface area contributed by atoms with Gasteiger partial charge >= 0.3 is 16.8 Å². The van der Waals surface area contributed by atoms with E-state index < -0.39 is 11.9 Å². The predicted molar refractivity (Wildman–Crippen MR) is 57.1 cm³/mol. The number of carbonyl (C=O) groups excluding carboxylic acids is 2. The first-order valence-corrected chi connectivity index (χ1v) is 4.84. The Morgan fingerprint density at radius 2 is 1.21 bits per heavy atom. The van der Waals surface area contributed by atoms with Crippen LogP contribution >= 0.6 is 0 Å². The number of rotatable bonds is 2. The first kappa shape index (κ1) is 16.7. The summed E-state index contributed by atoms with van der Waals surface area (Å²) >= 11 is 0. The molecule has 0 fully saturated rings. The fraction of sp³-hybridized carbons (Fsp3) is 0. The molecular weight excluding hydrogens is 295 g/mol. The van der Waals surface area contributed by atoms with Gasteiger partial charge in [0.25, 0.3) is 0 Å². The largest absolute Gasteiger partial charge is 2.00 e. The summed E-state index contributed by atoms with van der Waals surface area (Å²) in [7, 11) is 0. The molecule has 19 heavy (non-hydrogen) atoms. The molecule has 0 bridgehead atoms. The summed E-state index contributed by atoms with van der Waals surface area (Å²) in [5.74, 6) is -2.38. The maximum atomic E-state index is 10.0. The molecule has 0 aromatic carbocycles. The molecule has 0 aliphatic carbocycles. The van der Waals surface area contributed by atoms with Crippen molar-refractivity contribution in [2.75, 3.05) is 0 Å². The van der Waals surface area contributed by atoms with Crippen LogP contribution in [0, 0.1) is 0 Å². The Balaban J connectivity index is 0.000000324. The molecule has 0 aliphatic heterocycles. The van der Waals surface area contributed by atoms with E-state index in [0.717, 1.165) is 0 Å². The zero-order valence-corrected chi connectivity index (χ0v) is 10.5. The Bertz CT molecular complexity index is 470. The molecule has 2 heterocycles. The number of hydrogen-bond acceptors (Lipinski definition) is 6. The fourth-order valence-corrected chi connectivity index (χ4v) is 0.967. The van der Waals surface area contributed by atoms with Gasteiger partial charge in [-0.25, -0.2) is 0 Å². The summed E-state index contributed by atoms with van der Waals surface area (Å²) in [5.41, 5.74) is 0.218.